The maximum Gasteiger partial charge on any atom is 0.262 e. The van der Waals surface area contributed by atoms with Crippen LogP contribution in [0.15, 0.2) is 30.3 Å². The van der Waals surface area contributed by atoms with Crippen LogP contribution in [-0.2, 0) is 4.79 Å². The van der Waals surface area contributed by atoms with Crippen LogP contribution in [-0.4, -0.2) is 42.4 Å². The van der Waals surface area contributed by atoms with Gasteiger partial charge in [-0.3, -0.25) is 10.1 Å². The number of nitrogens with one attached hydrogen (secondary N) is 1. The molecule has 1 N–H and O–H groups in total. The Labute approximate surface area is 141 Å². The van der Waals surface area contributed by atoms with Gasteiger partial charge in [-0.1, -0.05) is 44.2 Å². The standard InChI is InChI=1S/C17H22F2N2O.ClH/c1-16(2)11-21(9-13(16)12-6-4-3-5-7-12)15(22)14-8-17(18,19)10-20-14;/h3-7,13-14,20H,8-11H2,1-2H3;1H. The molecule has 0 bridgehead atoms. The van der Waals surface area contributed by atoms with Gasteiger partial charge in [0, 0.05) is 25.4 Å². The number of carbonyl (C=O) groups is 1. The number of halogens is 3. The lowest BCUT2D eigenvalue weighted by atomic mass is 9.78. The molecule has 23 heavy (non-hydrogen) atoms. The highest BCUT2D eigenvalue weighted by atomic mass is 35.5. The summed E-state index contributed by atoms with van der Waals surface area (Å²) in [4.78, 5) is 14.3. The molecule has 0 aromatic heterocycles. The minimum atomic E-state index is -2.77. The number of likely N-dealkylation sites (tertiary alicyclic amines) is 1. The topological polar surface area (TPSA) is 32.3 Å². The van der Waals surface area contributed by atoms with E-state index in [1.807, 2.05) is 18.2 Å². The molecule has 2 fully saturated rings. The number of nitrogens with zero attached hydrogens (tertiary/aromatic N) is 1. The Morgan fingerprint density at radius 1 is 1.26 bits per heavy atom. The van der Waals surface area contributed by atoms with Gasteiger partial charge in [-0.25, -0.2) is 8.78 Å². The van der Waals surface area contributed by atoms with Gasteiger partial charge in [0.1, 0.15) is 0 Å². The summed E-state index contributed by atoms with van der Waals surface area (Å²) < 4.78 is 26.6. The molecule has 2 atom stereocenters. The third kappa shape index (κ3) is 3.66. The maximum absolute atomic E-state index is 13.3. The van der Waals surface area contributed by atoms with Crippen molar-refractivity contribution in [2.24, 2.45) is 5.41 Å². The van der Waals surface area contributed by atoms with Crippen molar-refractivity contribution >= 4 is 18.3 Å². The van der Waals surface area contributed by atoms with Crippen molar-refractivity contribution in [1.29, 1.82) is 0 Å². The van der Waals surface area contributed by atoms with E-state index in [-0.39, 0.29) is 29.6 Å². The van der Waals surface area contributed by atoms with E-state index in [0.29, 0.717) is 13.1 Å². The van der Waals surface area contributed by atoms with Crippen LogP contribution in [0.3, 0.4) is 0 Å². The highest BCUT2D eigenvalue weighted by Gasteiger charge is 2.47. The molecule has 2 aliphatic rings. The minimum Gasteiger partial charge on any atom is -0.340 e. The van der Waals surface area contributed by atoms with Crippen LogP contribution in [0.25, 0.3) is 0 Å². The van der Waals surface area contributed by atoms with Crippen LogP contribution in [0.2, 0.25) is 0 Å². The Hall–Kier alpha value is -1.20. The molecule has 0 saturated carbocycles. The average molecular weight is 345 g/mol. The molecule has 1 aromatic rings. The van der Waals surface area contributed by atoms with Crippen LogP contribution in [0.5, 0.6) is 0 Å². The van der Waals surface area contributed by atoms with E-state index < -0.39 is 24.9 Å². The van der Waals surface area contributed by atoms with Crippen molar-refractivity contribution in [3.8, 4) is 0 Å². The lowest BCUT2D eigenvalue weighted by Gasteiger charge is -2.25. The molecule has 128 valence electrons. The lowest BCUT2D eigenvalue weighted by Crippen LogP contribution is -2.43. The molecule has 3 nitrogen and oxygen atoms in total. The summed E-state index contributed by atoms with van der Waals surface area (Å²) in [5, 5.41) is 2.66. The van der Waals surface area contributed by atoms with E-state index in [2.05, 4.69) is 31.3 Å². The fourth-order valence-electron chi connectivity index (χ4n) is 3.65. The third-order valence-corrected chi connectivity index (χ3v) is 4.87. The van der Waals surface area contributed by atoms with Crippen LogP contribution in [0.4, 0.5) is 8.78 Å². The smallest absolute Gasteiger partial charge is 0.262 e. The summed E-state index contributed by atoms with van der Waals surface area (Å²) in [6, 6.07) is 9.36. The number of hydrogen-bond donors (Lipinski definition) is 1. The Morgan fingerprint density at radius 2 is 1.91 bits per heavy atom. The van der Waals surface area contributed by atoms with Crippen molar-refractivity contribution in [3.63, 3.8) is 0 Å². The number of benzene rings is 1. The monoisotopic (exact) mass is 344 g/mol. The van der Waals surface area contributed by atoms with E-state index in [1.54, 1.807) is 4.90 Å². The van der Waals surface area contributed by atoms with Crippen LogP contribution >= 0.6 is 12.4 Å². The molecule has 2 unspecified atom stereocenters. The molecule has 2 saturated heterocycles. The molecular formula is C17H23ClF2N2O. The Balaban J connectivity index is 0.00000192. The fourth-order valence-corrected chi connectivity index (χ4v) is 3.65. The molecule has 1 aromatic carbocycles. The Kier molecular flexibility index (Phi) is 5.02. The maximum atomic E-state index is 13.3. The largest absolute Gasteiger partial charge is 0.340 e. The Morgan fingerprint density at radius 3 is 2.48 bits per heavy atom. The van der Waals surface area contributed by atoms with Gasteiger partial charge in [0.25, 0.3) is 5.92 Å². The molecule has 3 rings (SSSR count). The summed E-state index contributed by atoms with van der Waals surface area (Å²) in [5.41, 5.74) is 1.14. The first-order chi connectivity index (χ1) is 10.3. The first-order valence-electron chi connectivity index (χ1n) is 7.73. The van der Waals surface area contributed by atoms with E-state index >= 15 is 0 Å². The third-order valence-electron chi connectivity index (χ3n) is 4.87. The number of hydrogen-bond acceptors (Lipinski definition) is 2. The number of rotatable bonds is 2. The SMILES string of the molecule is CC1(C)CN(C(=O)C2CC(F)(F)CN2)CC1c1ccccc1.Cl. The van der Waals surface area contributed by atoms with Gasteiger partial charge >= 0.3 is 0 Å². The zero-order chi connectivity index (χ0) is 16.0. The second-order valence-electron chi connectivity index (χ2n) is 7.16. The molecule has 1 amide bonds. The lowest BCUT2D eigenvalue weighted by molar-refractivity contribution is -0.133. The molecule has 0 aliphatic carbocycles. The van der Waals surface area contributed by atoms with Crippen LogP contribution in [0, 0.1) is 5.41 Å². The van der Waals surface area contributed by atoms with Crippen LogP contribution in [0.1, 0.15) is 31.7 Å². The van der Waals surface area contributed by atoms with E-state index in [0.717, 1.165) is 0 Å². The second-order valence-corrected chi connectivity index (χ2v) is 7.16. The van der Waals surface area contributed by atoms with Crippen LogP contribution < -0.4 is 5.32 Å². The Bertz CT molecular complexity index is 565. The van der Waals surface area contributed by atoms with Gasteiger partial charge in [-0.2, -0.15) is 0 Å². The molecule has 0 radical (unpaired) electrons. The minimum absolute atomic E-state index is 0. The number of alkyl halides is 2. The fraction of sp³-hybridized carbons (Fsp3) is 0.588. The van der Waals surface area contributed by atoms with Crippen molar-refractivity contribution in [1.82, 2.24) is 10.2 Å². The highest BCUT2D eigenvalue weighted by Crippen LogP contribution is 2.42. The van der Waals surface area contributed by atoms with Crippen molar-refractivity contribution < 1.29 is 13.6 Å². The predicted octanol–water partition coefficient (Wildman–Crippen LogP) is 3.06. The van der Waals surface area contributed by atoms with E-state index in [9.17, 15) is 13.6 Å². The summed E-state index contributed by atoms with van der Waals surface area (Å²) in [7, 11) is 0. The zero-order valence-electron chi connectivity index (χ0n) is 13.4. The normalized spacial score (nSPS) is 28.4. The van der Waals surface area contributed by atoms with Gasteiger partial charge in [-0.05, 0) is 11.0 Å². The van der Waals surface area contributed by atoms with Gasteiger partial charge in [0.2, 0.25) is 5.91 Å². The van der Waals surface area contributed by atoms with E-state index in [1.165, 1.54) is 5.56 Å². The molecule has 0 spiro atoms. The van der Waals surface area contributed by atoms with Gasteiger partial charge < -0.3 is 4.90 Å². The first kappa shape index (κ1) is 18.1. The molecular weight excluding hydrogens is 322 g/mol. The first-order valence-corrected chi connectivity index (χ1v) is 7.73. The summed E-state index contributed by atoms with van der Waals surface area (Å²) in [6.45, 7) is 5.07. The van der Waals surface area contributed by atoms with Crippen molar-refractivity contribution in [2.45, 2.75) is 38.2 Å². The summed E-state index contributed by atoms with van der Waals surface area (Å²) in [6.07, 6.45) is -0.390. The second kappa shape index (κ2) is 6.36. The van der Waals surface area contributed by atoms with Gasteiger partial charge in [0.05, 0.1) is 12.6 Å². The van der Waals surface area contributed by atoms with Crippen molar-refractivity contribution in [2.75, 3.05) is 19.6 Å². The van der Waals surface area contributed by atoms with Gasteiger partial charge in [-0.15, -0.1) is 12.4 Å². The van der Waals surface area contributed by atoms with Crippen molar-refractivity contribution in [3.05, 3.63) is 35.9 Å². The quantitative estimate of drug-likeness (QED) is 0.894. The highest BCUT2D eigenvalue weighted by molar-refractivity contribution is 5.85. The molecule has 6 heteroatoms. The predicted molar refractivity (Wildman–Crippen MR) is 88.1 cm³/mol. The summed E-state index contributed by atoms with van der Waals surface area (Å²) in [5.74, 6) is -2.72. The number of carbonyl (C=O) groups excluding carboxylic acids is 1. The average Bonchev–Trinajstić information content (AvgIpc) is 2.98. The summed E-state index contributed by atoms with van der Waals surface area (Å²) >= 11 is 0. The number of amides is 1. The molecule has 2 heterocycles. The van der Waals surface area contributed by atoms with Gasteiger partial charge in [0.15, 0.2) is 0 Å². The van der Waals surface area contributed by atoms with E-state index in [4.69, 9.17) is 0 Å². The molecule has 2 aliphatic heterocycles. The zero-order valence-corrected chi connectivity index (χ0v) is 14.2.